The molecule has 1 aliphatic carbocycles. The quantitative estimate of drug-likeness (QED) is 0.710. The van der Waals surface area contributed by atoms with E-state index in [2.05, 4.69) is 55.1 Å². The van der Waals surface area contributed by atoms with E-state index >= 15 is 0 Å². The lowest BCUT2D eigenvalue weighted by molar-refractivity contribution is 0.0424. The molecule has 0 saturated carbocycles. The monoisotopic (exact) mass is 370 g/mol. The number of aliphatic hydroxyl groups is 1. The number of fused-ring (bicyclic) bond motifs is 2. The lowest BCUT2D eigenvalue weighted by Crippen LogP contribution is -2.54. The minimum absolute atomic E-state index is 0.191. The molecule has 26 heavy (non-hydrogen) atoms. The van der Waals surface area contributed by atoms with Gasteiger partial charge in [-0.3, -0.25) is 4.90 Å². The number of benzene rings is 1. The van der Waals surface area contributed by atoms with Crippen molar-refractivity contribution in [3.8, 4) is 0 Å². The first-order chi connectivity index (χ1) is 12.5. The minimum Gasteiger partial charge on any atom is -0.502 e. The second-order valence-corrected chi connectivity index (χ2v) is 8.85. The van der Waals surface area contributed by atoms with Gasteiger partial charge in [0.2, 0.25) is 0 Å². The molecule has 1 aliphatic heterocycles. The summed E-state index contributed by atoms with van der Waals surface area (Å²) in [6.07, 6.45) is 6.50. The molecule has 140 valence electrons. The lowest BCUT2D eigenvalue weighted by atomic mass is 9.64. The van der Waals surface area contributed by atoms with Crippen LogP contribution in [-0.2, 0) is 6.42 Å². The first kappa shape index (κ1) is 18.0. The van der Waals surface area contributed by atoms with Gasteiger partial charge in [-0.25, -0.2) is 0 Å². The highest BCUT2D eigenvalue weighted by Crippen LogP contribution is 2.49. The van der Waals surface area contributed by atoms with E-state index in [0.29, 0.717) is 17.9 Å². The van der Waals surface area contributed by atoms with Gasteiger partial charge in [-0.2, -0.15) is 0 Å². The molecule has 2 aromatic rings. The van der Waals surface area contributed by atoms with Crippen LogP contribution in [-0.4, -0.2) is 39.2 Å². The number of nitrogens with one attached hydrogen (secondary N) is 1. The molecule has 1 aromatic heterocycles. The van der Waals surface area contributed by atoms with Gasteiger partial charge in [-0.05, 0) is 67.6 Å². The Kier molecular flexibility index (Phi) is 4.60. The van der Waals surface area contributed by atoms with Crippen molar-refractivity contribution in [1.82, 2.24) is 9.88 Å². The van der Waals surface area contributed by atoms with Crippen LogP contribution >= 0.6 is 12.2 Å². The van der Waals surface area contributed by atoms with Crippen molar-refractivity contribution in [2.24, 2.45) is 11.3 Å². The summed E-state index contributed by atoms with van der Waals surface area (Å²) in [4.78, 5) is 6.15. The van der Waals surface area contributed by atoms with Crippen LogP contribution in [0.4, 0.5) is 0 Å². The predicted molar refractivity (Wildman–Crippen MR) is 112 cm³/mol. The van der Waals surface area contributed by atoms with Crippen molar-refractivity contribution in [3.05, 3.63) is 35.5 Å². The maximum atomic E-state index is 10.3. The second kappa shape index (κ2) is 6.65. The highest BCUT2D eigenvalue weighted by atomic mass is 32.1. The molecule has 1 saturated heterocycles. The van der Waals surface area contributed by atoms with E-state index in [1.807, 2.05) is 0 Å². The highest BCUT2D eigenvalue weighted by molar-refractivity contribution is 7.80. The molecule has 0 amide bonds. The SMILES string of the molecule is CCCN1C[C@H](C(C)(CC)C(O)=S)CC2c3cccc4[nH]cc(c34)C[C@H]21. The van der Waals surface area contributed by atoms with Crippen molar-refractivity contribution in [2.75, 3.05) is 13.1 Å². The van der Waals surface area contributed by atoms with Crippen molar-refractivity contribution < 1.29 is 5.11 Å². The van der Waals surface area contributed by atoms with Crippen LogP contribution in [0.2, 0.25) is 0 Å². The molecule has 4 heteroatoms. The van der Waals surface area contributed by atoms with E-state index in [4.69, 9.17) is 12.2 Å². The molecule has 2 unspecified atom stereocenters. The summed E-state index contributed by atoms with van der Waals surface area (Å²) in [6.45, 7) is 8.74. The molecule has 4 rings (SSSR count). The number of aromatic nitrogens is 1. The number of H-pyrrole nitrogens is 1. The molecule has 1 aromatic carbocycles. The number of aliphatic hydroxyl groups excluding tert-OH is 1. The molecule has 4 atom stereocenters. The van der Waals surface area contributed by atoms with Gasteiger partial charge in [0, 0.05) is 41.0 Å². The molecular formula is C22H30N2OS. The molecule has 0 spiro atoms. The summed E-state index contributed by atoms with van der Waals surface area (Å²) in [5.74, 6) is 0.918. The van der Waals surface area contributed by atoms with Gasteiger partial charge in [-0.1, -0.05) is 32.9 Å². The average molecular weight is 371 g/mol. The number of likely N-dealkylation sites (tertiary alicyclic amines) is 1. The third kappa shape index (κ3) is 2.61. The summed E-state index contributed by atoms with van der Waals surface area (Å²) >= 11 is 5.31. The van der Waals surface area contributed by atoms with Crippen molar-refractivity contribution in [3.63, 3.8) is 0 Å². The summed E-state index contributed by atoms with van der Waals surface area (Å²) in [6, 6.07) is 7.26. The van der Waals surface area contributed by atoms with Crippen LogP contribution in [0.5, 0.6) is 0 Å². The molecule has 2 aliphatic rings. The van der Waals surface area contributed by atoms with Crippen molar-refractivity contribution in [2.45, 2.75) is 58.4 Å². The minimum atomic E-state index is -0.279. The fourth-order valence-corrected chi connectivity index (χ4v) is 5.73. The van der Waals surface area contributed by atoms with Gasteiger partial charge < -0.3 is 10.1 Å². The van der Waals surface area contributed by atoms with Gasteiger partial charge in [0.15, 0.2) is 5.05 Å². The Morgan fingerprint density at radius 2 is 2.19 bits per heavy atom. The number of piperidine rings is 1. The maximum Gasteiger partial charge on any atom is 0.162 e. The number of nitrogens with zero attached hydrogens (tertiary/aromatic N) is 1. The van der Waals surface area contributed by atoms with E-state index in [0.717, 1.165) is 38.8 Å². The Labute approximate surface area is 161 Å². The van der Waals surface area contributed by atoms with Gasteiger partial charge in [0.1, 0.15) is 0 Å². The van der Waals surface area contributed by atoms with E-state index in [9.17, 15) is 5.11 Å². The van der Waals surface area contributed by atoms with Crippen LogP contribution < -0.4 is 0 Å². The molecule has 0 radical (unpaired) electrons. The van der Waals surface area contributed by atoms with E-state index < -0.39 is 0 Å². The van der Waals surface area contributed by atoms with E-state index in [1.165, 1.54) is 22.0 Å². The Bertz CT molecular complexity index is 829. The third-order valence-electron chi connectivity index (χ3n) is 7.21. The van der Waals surface area contributed by atoms with Crippen LogP contribution in [0.25, 0.3) is 10.9 Å². The summed E-state index contributed by atoms with van der Waals surface area (Å²) < 4.78 is 0. The summed E-state index contributed by atoms with van der Waals surface area (Å²) in [5.41, 5.74) is 3.94. The number of thiocarbonyl (C=S) groups is 1. The van der Waals surface area contributed by atoms with Crippen molar-refractivity contribution in [1.29, 1.82) is 0 Å². The van der Waals surface area contributed by atoms with Gasteiger partial charge in [-0.15, -0.1) is 0 Å². The summed E-state index contributed by atoms with van der Waals surface area (Å²) in [7, 11) is 0. The topological polar surface area (TPSA) is 39.3 Å². The molecule has 0 bridgehead atoms. The number of aromatic amines is 1. The zero-order valence-electron chi connectivity index (χ0n) is 16.1. The standard InChI is InChI=1S/C22H30N2OS/c1-4-9-24-13-15(22(3,5-2)21(25)26)11-17-16-7-6-8-18-20(16)14(12-23-18)10-19(17)24/h6-8,12,15,17,19,23H,4-5,9-11,13H2,1-3H3,(H,25,26)/t15-,17?,19-,22?/m1/s1. The summed E-state index contributed by atoms with van der Waals surface area (Å²) in [5, 5.41) is 12.0. The normalized spacial score (nSPS) is 27.9. The van der Waals surface area contributed by atoms with E-state index in [-0.39, 0.29) is 10.5 Å². The van der Waals surface area contributed by atoms with Crippen molar-refractivity contribution >= 4 is 28.2 Å². The molecule has 2 heterocycles. The fourth-order valence-electron chi connectivity index (χ4n) is 5.42. The number of rotatable bonds is 5. The fraction of sp³-hybridized carbons (Fsp3) is 0.591. The molecule has 2 N–H and O–H groups in total. The second-order valence-electron chi connectivity index (χ2n) is 8.47. The van der Waals surface area contributed by atoms with Crippen LogP contribution in [0.3, 0.4) is 0 Å². The largest absolute Gasteiger partial charge is 0.502 e. The van der Waals surface area contributed by atoms with Gasteiger partial charge in [0.05, 0.1) is 0 Å². The third-order valence-corrected chi connectivity index (χ3v) is 7.68. The predicted octanol–water partition coefficient (Wildman–Crippen LogP) is 5.21. The number of hydrogen-bond acceptors (Lipinski definition) is 2. The van der Waals surface area contributed by atoms with Crippen LogP contribution in [0.1, 0.15) is 57.1 Å². The number of hydrogen-bond donors (Lipinski definition) is 2. The maximum absolute atomic E-state index is 10.3. The zero-order chi connectivity index (χ0) is 18.5. The Balaban J connectivity index is 1.78. The Hall–Kier alpha value is -1.39. The van der Waals surface area contributed by atoms with Crippen LogP contribution in [0.15, 0.2) is 24.4 Å². The molecule has 3 nitrogen and oxygen atoms in total. The van der Waals surface area contributed by atoms with Gasteiger partial charge in [0.25, 0.3) is 0 Å². The molecule has 1 fully saturated rings. The molecular weight excluding hydrogens is 340 g/mol. The van der Waals surface area contributed by atoms with E-state index in [1.54, 1.807) is 0 Å². The lowest BCUT2D eigenvalue weighted by Gasteiger charge is -2.51. The zero-order valence-corrected chi connectivity index (χ0v) is 16.9. The van der Waals surface area contributed by atoms with Gasteiger partial charge >= 0.3 is 0 Å². The highest BCUT2D eigenvalue weighted by Gasteiger charge is 2.47. The Morgan fingerprint density at radius 1 is 1.38 bits per heavy atom. The first-order valence-electron chi connectivity index (χ1n) is 10.1. The van der Waals surface area contributed by atoms with Crippen LogP contribution in [0, 0.1) is 11.3 Å². The smallest absolute Gasteiger partial charge is 0.162 e. The first-order valence-corrected chi connectivity index (χ1v) is 10.5. The average Bonchev–Trinajstić information content (AvgIpc) is 3.06. The Morgan fingerprint density at radius 3 is 2.88 bits per heavy atom.